The molecular formula is C18H20F3N3O. The zero-order chi connectivity index (χ0) is 18.2. The highest BCUT2D eigenvalue weighted by Gasteiger charge is 2.39. The van der Waals surface area contributed by atoms with Crippen LogP contribution in [-0.4, -0.2) is 15.7 Å². The number of benzene rings is 1. The number of aryl methyl sites for hydroxylation is 1. The number of alkyl halides is 3. The van der Waals surface area contributed by atoms with E-state index >= 15 is 0 Å². The third-order valence-electron chi connectivity index (χ3n) is 4.43. The van der Waals surface area contributed by atoms with Gasteiger partial charge in [-0.25, -0.2) is 0 Å². The summed E-state index contributed by atoms with van der Waals surface area (Å²) in [5.41, 5.74) is 1.30. The number of hydrogen-bond donors (Lipinski definition) is 1. The van der Waals surface area contributed by atoms with Crippen molar-refractivity contribution in [3.63, 3.8) is 0 Å². The van der Waals surface area contributed by atoms with E-state index in [1.807, 2.05) is 19.1 Å². The maximum absolute atomic E-state index is 13.0. The summed E-state index contributed by atoms with van der Waals surface area (Å²) in [7, 11) is 0. The standard InChI is InChI=1S/C18H20F3N3O/c1-3-12-4-8-14(9-5-12)22-17(25)11(2)24-15(13-6-7-13)10-16(23-24)18(19,20)21/h4-5,8-11,13H,3,6-7H2,1-2H3,(H,22,25). The van der Waals surface area contributed by atoms with Crippen molar-refractivity contribution in [2.75, 3.05) is 5.32 Å². The predicted molar refractivity (Wildman–Crippen MR) is 88.4 cm³/mol. The van der Waals surface area contributed by atoms with E-state index in [0.29, 0.717) is 11.4 Å². The molecule has 0 aliphatic heterocycles. The summed E-state index contributed by atoms with van der Waals surface area (Å²) < 4.78 is 40.1. The lowest BCUT2D eigenvalue weighted by atomic mass is 10.1. The predicted octanol–water partition coefficient (Wildman–Crippen LogP) is 4.54. The topological polar surface area (TPSA) is 46.9 Å². The minimum Gasteiger partial charge on any atom is -0.324 e. The minimum absolute atomic E-state index is 0.0580. The Bertz CT molecular complexity index is 761. The van der Waals surface area contributed by atoms with E-state index in [4.69, 9.17) is 0 Å². The van der Waals surface area contributed by atoms with Crippen LogP contribution < -0.4 is 5.32 Å². The highest BCUT2D eigenvalue weighted by molar-refractivity contribution is 5.93. The Morgan fingerprint density at radius 3 is 2.48 bits per heavy atom. The maximum Gasteiger partial charge on any atom is 0.435 e. The van der Waals surface area contributed by atoms with Crippen LogP contribution in [0.3, 0.4) is 0 Å². The van der Waals surface area contributed by atoms with Gasteiger partial charge in [0.05, 0.1) is 0 Å². The van der Waals surface area contributed by atoms with Crippen LogP contribution in [0.25, 0.3) is 0 Å². The largest absolute Gasteiger partial charge is 0.435 e. The molecule has 1 amide bonds. The van der Waals surface area contributed by atoms with Crippen molar-refractivity contribution in [1.82, 2.24) is 9.78 Å². The number of nitrogens with zero attached hydrogens (tertiary/aromatic N) is 2. The number of aromatic nitrogens is 2. The van der Waals surface area contributed by atoms with Gasteiger partial charge < -0.3 is 5.32 Å². The smallest absolute Gasteiger partial charge is 0.324 e. The average molecular weight is 351 g/mol. The molecule has 0 spiro atoms. The summed E-state index contributed by atoms with van der Waals surface area (Å²) >= 11 is 0. The minimum atomic E-state index is -4.51. The molecule has 0 bridgehead atoms. The van der Waals surface area contributed by atoms with Crippen LogP contribution in [-0.2, 0) is 17.4 Å². The number of halogens is 3. The van der Waals surface area contributed by atoms with E-state index < -0.39 is 17.9 Å². The number of anilines is 1. The van der Waals surface area contributed by atoms with Gasteiger partial charge in [-0.15, -0.1) is 0 Å². The second-order valence-electron chi connectivity index (χ2n) is 6.39. The van der Waals surface area contributed by atoms with Crippen molar-refractivity contribution in [2.45, 2.75) is 51.2 Å². The number of hydrogen-bond acceptors (Lipinski definition) is 2. The van der Waals surface area contributed by atoms with E-state index in [1.165, 1.54) is 4.68 Å². The van der Waals surface area contributed by atoms with Gasteiger partial charge in [-0.3, -0.25) is 9.48 Å². The molecule has 4 nitrogen and oxygen atoms in total. The van der Waals surface area contributed by atoms with Crippen molar-refractivity contribution < 1.29 is 18.0 Å². The maximum atomic E-state index is 13.0. The van der Waals surface area contributed by atoms with Crippen LogP contribution in [0.5, 0.6) is 0 Å². The van der Waals surface area contributed by atoms with E-state index in [2.05, 4.69) is 10.4 Å². The number of nitrogens with one attached hydrogen (secondary N) is 1. The van der Waals surface area contributed by atoms with E-state index in [9.17, 15) is 18.0 Å². The van der Waals surface area contributed by atoms with E-state index in [1.54, 1.807) is 19.1 Å². The third kappa shape index (κ3) is 3.86. The summed E-state index contributed by atoms with van der Waals surface area (Å²) in [6.45, 7) is 3.60. The Kier molecular flexibility index (Phi) is 4.58. The second kappa shape index (κ2) is 6.54. The molecule has 2 aromatic rings. The van der Waals surface area contributed by atoms with Gasteiger partial charge in [0, 0.05) is 17.3 Å². The van der Waals surface area contributed by atoms with E-state index in [-0.39, 0.29) is 11.8 Å². The van der Waals surface area contributed by atoms with Crippen LogP contribution in [0.4, 0.5) is 18.9 Å². The molecule has 1 aliphatic rings. The zero-order valence-electron chi connectivity index (χ0n) is 14.1. The molecular weight excluding hydrogens is 331 g/mol. The molecule has 25 heavy (non-hydrogen) atoms. The monoisotopic (exact) mass is 351 g/mol. The van der Waals surface area contributed by atoms with Gasteiger partial charge in [0.25, 0.3) is 0 Å². The fraction of sp³-hybridized carbons (Fsp3) is 0.444. The van der Waals surface area contributed by atoms with Gasteiger partial charge in [-0.2, -0.15) is 18.3 Å². The van der Waals surface area contributed by atoms with Crippen LogP contribution in [0, 0.1) is 0 Å². The van der Waals surface area contributed by atoms with Crippen molar-refractivity contribution in [2.24, 2.45) is 0 Å². The second-order valence-corrected chi connectivity index (χ2v) is 6.39. The highest BCUT2D eigenvalue weighted by atomic mass is 19.4. The van der Waals surface area contributed by atoms with Crippen molar-refractivity contribution >= 4 is 11.6 Å². The Balaban J connectivity index is 1.80. The van der Waals surface area contributed by atoms with Crippen molar-refractivity contribution in [1.29, 1.82) is 0 Å². The first kappa shape index (κ1) is 17.5. The molecule has 134 valence electrons. The summed E-state index contributed by atoms with van der Waals surface area (Å²) in [4.78, 5) is 12.5. The average Bonchev–Trinajstić information content (AvgIpc) is 3.31. The fourth-order valence-corrected chi connectivity index (χ4v) is 2.72. The number of carbonyl (C=O) groups excluding carboxylic acids is 1. The third-order valence-corrected chi connectivity index (χ3v) is 4.43. The molecule has 0 radical (unpaired) electrons. The van der Waals surface area contributed by atoms with Gasteiger partial charge in [0.15, 0.2) is 5.69 Å². The Labute approximate surface area is 144 Å². The quantitative estimate of drug-likeness (QED) is 0.859. The molecule has 3 rings (SSSR count). The van der Waals surface area contributed by atoms with Crippen molar-refractivity contribution in [3.05, 3.63) is 47.3 Å². The fourth-order valence-electron chi connectivity index (χ4n) is 2.72. The molecule has 0 saturated heterocycles. The molecule has 1 aromatic carbocycles. The van der Waals surface area contributed by atoms with Gasteiger partial charge in [-0.05, 0) is 49.9 Å². The number of amides is 1. The first-order chi connectivity index (χ1) is 11.8. The molecule has 7 heteroatoms. The van der Waals surface area contributed by atoms with Gasteiger partial charge >= 0.3 is 6.18 Å². The summed E-state index contributed by atoms with van der Waals surface area (Å²) in [5, 5.41) is 6.41. The lowest BCUT2D eigenvalue weighted by Crippen LogP contribution is -2.26. The SMILES string of the molecule is CCc1ccc(NC(=O)C(C)n2nc(C(F)(F)F)cc2C2CC2)cc1. The van der Waals surface area contributed by atoms with Crippen LogP contribution in [0.1, 0.15) is 55.6 Å². The summed E-state index contributed by atoms with van der Waals surface area (Å²) in [6, 6.07) is 7.64. The Hall–Kier alpha value is -2.31. The zero-order valence-corrected chi connectivity index (χ0v) is 14.1. The van der Waals surface area contributed by atoms with Crippen LogP contribution in [0.2, 0.25) is 0 Å². The first-order valence-electron chi connectivity index (χ1n) is 8.36. The Morgan fingerprint density at radius 1 is 1.32 bits per heavy atom. The lowest BCUT2D eigenvalue weighted by Gasteiger charge is -2.16. The lowest BCUT2D eigenvalue weighted by molar-refractivity contribution is -0.141. The number of carbonyl (C=O) groups is 1. The normalized spacial score (nSPS) is 15.9. The molecule has 1 saturated carbocycles. The van der Waals surface area contributed by atoms with E-state index in [0.717, 1.165) is 30.9 Å². The number of rotatable bonds is 5. The highest BCUT2D eigenvalue weighted by Crippen LogP contribution is 2.43. The van der Waals surface area contributed by atoms with Gasteiger partial charge in [-0.1, -0.05) is 19.1 Å². The summed E-state index contributed by atoms with van der Waals surface area (Å²) in [6.07, 6.45) is -1.96. The molecule has 1 N–H and O–H groups in total. The van der Waals surface area contributed by atoms with Crippen LogP contribution >= 0.6 is 0 Å². The van der Waals surface area contributed by atoms with Crippen molar-refractivity contribution in [3.8, 4) is 0 Å². The summed E-state index contributed by atoms with van der Waals surface area (Å²) in [5.74, 6) is -0.328. The van der Waals surface area contributed by atoms with Crippen LogP contribution in [0.15, 0.2) is 30.3 Å². The van der Waals surface area contributed by atoms with Gasteiger partial charge in [0.2, 0.25) is 5.91 Å². The van der Waals surface area contributed by atoms with Gasteiger partial charge in [0.1, 0.15) is 6.04 Å². The molecule has 1 unspecified atom stereocenters. The molecule has 1 fully saturated rings. The molecule has 1 atom stereocenters. The molecule has 1 aromatic heterocycles. The molecule has 1 aliphatic carbocycles. The first-order valence-corrected chi connectivity index (χ1v) is 8.36. The molecule has 1 heterocycles. The Morgan fingerprint density at radius 2 is 1.96 bits per heavy atom.